The Morgan fingerprint density at radius 3 is 2.39 bits per heavy atom. The van der Waals surface area contributed by atoms with Crippen LogP contribution in [-0.4, -0.2) is 58.0 Å². The molecule has 0 heterocycles. The molecule has 192 valence electrons. The van der Waals surface area contributed by atoms with Crippen molar-refractivity contribution in [2.75, 3.05) is 13.7 Å². The van der Waals surface area contributed by atoms with Crippen LogP contribution in [-0.2, 0) is 18.7 Å². The number of phosphoric acid groups is 1. The Labute approximate surface area is 254 Å². The van der Waals surface area contributed by atoms with Crippen LogP contribution in [0.5, 0.6) is 0 Å². The van der Waals surface area contributed by atoms with E-state index < -0.39 is 66.2 Å². The van der Waals surface area contributed by atoms with Crippen LogP contribution in [0.25, 0.3) is 0 Å². The summed E-state index contributed by atoms with van der Waals surface area (Å²) in [6.45, 7) is 3.80. The molecular weight excluding hydrogens is 516 g/mol. The zero-order valence-corrected chi connectivity index (χ0v) is 26.6. The third-order valence-corrected chi connectivity index (χ3v) is 9.45. The van der Waals surface area contributed by atoms with Crippen molar-refractivity contribution in [2.45, 2.75) is 63.8 Å². The van der Waals surface area contributed by atoms with Crippen molar-refractivity contribution < 1.29 is 107 Å². The quantitative estimate of drug-likeness (QED) is 0.229. The van der Waals surface area contributed by atoms with Crippen molar-refractivity contribution in [3.63, 3.8) is 0 Å². The van der Waals surface area contributed by atoms with Crippen molar-refractivity contribution in [1.29, 1.82) is 0 Å². The summed E-state index contributed by atoms with van der Waals surface area (Å²) in [5, 5.41) is 29.8. The number of fused-ring (bicyclic) bond motifs is 5. The molecule has 8 atom stereocenters. The number of aliphatic hydroxyl groups excluding tert-OH is 2. The number of halogens is 1. The van der Waals surface area contributed by atoms with Crippen LogP contribution in [0.4, 0.5) is 4.39 Å². The summed E-state index contributed by atoms with van der Waals surface area (Å²) >= 11 is 0. The van der Waals surface area contributed by atoms with E-state index in [0.29, 0.717) is 18.4 Å². The van der Waals surface area contributed by atoms with Gasteiger partial charge >= 0.3 is 59.1 Å². The van der Waals surface area contributed by atoms with Crippen LogP contribution < -0.4 is 68.9 Å². The smallest absolute Gasteiger partial charge is 0.790 e. The second-order valence-corrected chi connectivity index (χ2v) is 11.5. The van der Waals surface area contributed by atoms with Gasteiger partial charge in [-0.2, -0.15) is 0 Å². The van der Waals surface area contributed by atoms with E-state index in [1.807, 2.05) is 0 Å². The summed E-state index contributed by atoms with van der Waals surface area (Å²) in [5.74, 6) is -3.06. The molecule has 0 aromatic rings. The molecule has 0 radical (unpaired) electrons. The van der Waals surface area contributed by atoms with E-state index in [0.717, 1.165) is 7.11 Å². The average Bonchev–Trinajstić information content (AvgIpc) is 2.96. The molecule has 3 fully saturated rings. The summed E-state index contributed by atoms with van der Waals surface area (Å²) in [4.78, 5) is 46.6. The first-order valence-corrected chi connectivity index (χ1v) is 12.8. The van der Waals surface area contributed by atoms with Crippen LogP contribution in [0.2, 0.25) is 0 Å². The van der Waals surface area contributed by atoms with Gasteiger partial charge in [-0.15, -0.1) is 0 Å². The van der Waals surface area contributed by atoms with Gasteiger partial charge in [0.1, 0.15) is 12.2 Å². The molecule has 0 amide bonds. The van der Waals surface area contributed by atoms with E-state index in [9.17, 15) is 34.2 Å². The second-order valence-electron chi connectivity index (χ2n) is 10.3. The molecular formula is C23H32FNa2O9P. The van der Waals surface area contributed by atoms with Crippen LogP contribution >= 0.6 is 7.82 Å². The van der Waals surface area contributed by atoms with E-state index in [4.69, 9.17) is 5.11 Å². The standard InChI is InChI=1S/C22H30FO8P.CH4O.2Na/c1-12-8-16-15-5-4-13-9-14(24)6-7-19(13,2)21(15,23)17(25)10-20(16,3)22(12,27)18(26)11-31-32(28,29)30;1-2;;/h6-7,9,12,15-17,25,27H,4-5,8,10-11H2,1-3H3,(H2,28,29,30);2H,1H3;;/q;;2*+1/p-2/t12-,15+,16+,17+,19+,20+,21+,22+;;;/m1.../s1. The van der Waals surface area contributed by atoms with E-state index in [2.05, 4.69) is 4.52 Å². The second kappa shape index (κ2) is 11.7. The molecule has 4 aliphatic carbocycles. The van der Waals surface area contributed by atoms with Gasteiger partial charge in [0.15, 0.2) is 17.2 Å². The molecule has 9 nitrogen and oxygen atoms in total. The molecule has 0 aromatic heterocycles. The molecule has 0 unspecified atom stereocenters. The number of carbonyl (C=O) groups excluding carboxylic acids is 2. The molecule has 4 rings (SSSR count). The molecule has 3 saturated carbocycles. The molecule has 0 aliphatic heterocycles. The maximum absolute atomic E-state index is 17.0. The summed E-state index contributed by atoms with van der Waals surface area (Å²) in [6.07, 6.45) is 3.54. The van der Waals surface area contributed by atoms with Crippen molar-refractivity contribution in [1.82, 2.24) is 0 Å². The van der Waals surface area contributed by atoms with Gasteiger partial charge in [0.25, 0.3) is 0 Å². The fourth-order valence-electron chi connectivity index (χ4n) is 7.39. The van der Waals surface area contributed by atoms with E-state index in [1.54, 1.807) is 20.8 Å². The number of aliphatic hydroxyl groups is 3. The molecule has 3 N–H and O–H groups in total. The number of phosphoric ester groups is 1. The minimum Gasteiger partial charge on any atom is -0.790 e. The normalized spacial score (nSPS) is 42.8. The van der Waals surface area contributed by atoms with Gasteiger partial charge < -0.3 is 34.2 Å². The number of hydrogen-bond donors (Lipinski definition) is 3. The number of hydrogen-bond acceptors (Lipinski definition) is 9. The van der Waals surface area contributed by atoms with Gasteiger partial charge in [-0.3, -0.25) is 9.59 Å². The molecule has 0 saturated heterocycles. The largest absolute Gasteiger partial charge is 1.00 e. The number of allylic oxidation sites excluding steroid dienone is 4. The maximum Gasteiger partial charge on any atom is 1.00 e. The van der Waals surface area contributed by atoms with Gasteiger partial charge in [-0.25, -0.2) is 4.39 Å². The number of alkyl halides is 1. The Balaban J connectivity index is 0.00000158. The van der Waals surface area contributed by atoms with E-state index >= 15 is 4.39 Å². The zero-order valence-electron chi connectivity index (χ0n) is 21.7. The number of ketones is 2. The summed E-state index contributed by atoms with van der Waals surface area (Å²) in [5.41, 5.74) is -6.03. The van der Waals surface area contributed by atoms with Crippen molar-refractivity contribution in [3.05, 3.63) is 23.8 Å². The summed E-state index contributed by atoms with van der Waals surface area (Å²) < 4.78 is 32.0. The van der Waals surface area contributed by atoms with Gasteiger partial charge in [-0.1, -0.05) is 25.5 Å². The Kier molecular flexibility index (Phi) is 11.3. The van der Waals surface area contributed by atoms with Crippen LogP contribution in [0.3, 0.4) is 0 Å². The van der Waals surface area contributed by atoms with Gasteiger partial charge in [0.2, 0.25) is 0 Å². The third-order valence-electron chi connectivity index (χ3n) is 9.00. The fourth-order valence-corrected chi connectivity index (χ4v) is 7.66. The van der Waals surface area contributed by atoms with Crippen LogP contribution in [0, 0.1) is 28.6 Å². The average molecular weight is 548 g/mol. The van der Waals surface area contributed by atoms with Crippen LogP contribution in [0.15, 0.2) is 23.8 Å². The zero-order chi connectivity index (χ0) is 25.9. The fraction of sp³-hybridized carbons (Fsp3) is 0.739. The minimum absolute atomic E-state index is 0. The van der Waals surface area contributed by atoms with Crippen LogP contribution in [0.1, 0.15) is 46.5 Å². The number of carbonyl (C=O) groups is 2. The first-order chi connectivity index (χ1) is 15.6. The summed E-state index contributed by atoms with van der Waals surface area (Å²) in [6, 6.07) is 0. The predicted molar refractivity (Wildman–Crippen MR) is 115 cm³/mol. The van der Waals surface area contributed by atoms with Gasteiger partial charge in [0, 0.05) is 23.9 Å². The first-order valence-electron chi connectivity index (χ1n) is 11.3. The topological polar surface area (TPSA) is 167 Å². The SMILES string of the molecule is CO.C[C@@H]1C[C@H]2[C@@H]3CCC4=CC(=O)C=C[C@]4(C)[C@@]3(F)[C@@H](O)C[C@]2(C)[C@@]1(O)C(=O)COP(=O)([O-])[O-].[Na+].[Na+]. The predicted octanol–water partition coefficient (Wildman–Crippen LogP) is -5.63. The van der Waals surface area contributed by atoms with E-state index in [1.165, 1.54) is 18.2 Å². The Hall–Kier alpha value is 0.740. The molecule has 13 heteroatoms. The first kappa shape index (κ1) is 34.8. The molecule has 0 bridgehead atoms. The Bertz CT molecular complexity index is 987. The number of rotatable bonds is 4. The van der Waals surface area contributed by atoms with Gasteiger partial charge in [-0.05, 0) is 56.6 Å². The molecule has 4 aliphatic rings. The van der Waals surface area contributed by atoms with E-state index in [-0.39, 0.29) is 77.7 Å². The Morgan fingerprint density at radius 1 is 1.25 bits per heavy atom. The summed E-state index contributed by atoms with van der Waals surface area (Å²) in [7, 11) is -4.43. The minimum atomic E-state index is -5.43. The molecule has 36 heavy (non-hydrogen) atoms. The van der Waals surface area contributed by atoms with Crippen molar-refractivity contribution in [2.24, 2.45) is 28.6 Å². The number of Topliss-reactive ketones (excluding diaryl/α,β-unsaturated/α-hetero) is 1. The van der Waals surface area contributed by atoms with Crippen molar-refractivity contribution >= 4 is 19.4 Å². The van der Waals surface area contributed by atoms with Gasteiger partial charge in [0.05, 0.1) is 13.9 Å². The Morgan fingerprint density at radius 2 is 1.83 bits per heavy atom. The monoisotopic (exact) mass is 548 g/mol. The molecule has 0 spiro atoms. The maximum atomic E-state index is 17.0. The third kappa shape index (κ3) is 5.02. The van der Waals surface area contributed by atoms with Crippen molar-refractivity contribution in [3.8, 4) is 0 Å². The molecule has 0 aromatic carbocycles.